The van der Waals surface area contributed by atoms with E-state index < -0.39 is 0 Å². The number of unbranched alkanes of at least 4 members (excludes halogenated alkanes) is 9. The van der Waals surface area contributed by atoms with Crippen LogP contribution in [-0.4, -0.2) is 34.9 Å². The van der Waals surface area contributed by atoms with Crippen LogP contribution in [0.5, 0.6) is 0 Å². The summed E-state index contributed by atoms with van der Waals surface area (Å²) >= 11 is 0. The van der Waals surface area contributed by atoms with Gasteiger partial charge in [0.1, 0.15) is 0 Å². The standard InChI is InChI=1S/C35H47N7/c1-6-9-10-11-12-13-14-15-16-17-18-27-19-21-28(22-20-27)31-40-34(32-36-23-25(4)29(7-2)38-32)42-35(41-31)33-37-24-26(5)30(8-3)39-33/h19-24H,6-18H2,1-5H3. The lowest BCUT2D eigenvalue weighted by molar-refractivity contribution is 0.556. The molecule has 0 saturated carbocycles. The zero-order chi connectivity index (χ0) is 29.7. The minimum Gasteiger partial charge on any atom is -0.233 e. The monoisotopic (exact) mass is 565 g/mol. The van der Waals surface area contributed by atoms with Crippen LogP contribution >= 0.6 is 0 Å². The topological polar surface area (TPSA) is 90.2 Å². The van der Waals surface area contributed by atoms with E-state index in [0.29, 0.717) is 29.1 Å². The molecule has 222 valence electrons. The van der Waals surface area contributed by atoms with Crippen molar-refractivity contribution in [2.45, 2.75) is 118 Å². The van der Waals surface area contributed by atoms with Crippen LogP contribution in [0.2, 0.25) is 0 Å². The summed E-state index contributed by atoms with van der Waals surface area (Å²) in [5.74, 6) is 2.41. The van der Waals surface area contributed by atoms with Gasteiger partial charge in [-0.15, -0.1) is 0 Å². The molecule has 0 spiro atoms. The van der Waals surface area contributed by atoms with Gasteiger partial charge < -0.3 is 0 Å². The Balaban J connectivity index is 1.49. The van der Waals surface area contributed by atoms with Gasteiger partial charge in [0, 0.05) is 29.3 Å². The van der Waals surface area contributed by atoms with Crippen molar-refractivity contribution in [1.82, 2.24) is 34.9 Å². The summed E-state index contributed by atoms with van der Waals surface area (Å²) in [6.45, 7) is 10.5. The molecule has 3 heterocycles. The van der Waals surface area contributed by atoms with E-state index >= 15 is 0 Å². The molecule has 0 atom stereocenters. The van der Waals surface area contributed by atoms with Gasteiger partial charge in [-0.1, -0.05) is 103 Å². The molecule has 0 N–H and O–H groups in total. The number of aromatic nitrogens is 7. The highest BCUT2D eigenvalue weighted by Crippen LogP contribution is 2.24. The van der Waals surface area contributed by atoms with Crippen molar-refractivity contribution in [3.8, 4) is 34.7 Å². The second kappa shape index (κ2) is 16.1. The van der Waals surface area contributed by atoms with E-state index in [2.05, 4.69) is 55.0 Å². The van der Waals surface area contributed by atoms with Crippen LogP contribution < -0.4 is 0 Å². The van der Waals surface area contributed by atoms with E-state index in [9.17, 15) is 0 Å². The molecule has 0 unspecified atom stereocenters. The van der Waals surface area contributed by atoms with Gasteiger partial charge >= 0.3 is 0 Å². The average Bonchev–Trinajstić information content (AvgIpc) is 3.02. The maximum absolute atomic E-state index is 4.82. The van der Waals surface area contributed by atoms with Crippen molar-refractivity contribution >= 4 is 0 Å². The molecule has 4 aromatic rings. The molecule has 4 rings (SSSR count). The summed E-state index contributed by atoms with van der Waals surface area (Å²) < 4.78 is 0. The first-order valence-corrected chi connectivity index (χ1v) is 16.0. The first-order chi connectivity index (χ1) is 20.5. The zero-order valence-electron chi connectivity index (χ0n) is 26.3. The largest absolute Gasteiger partial charge is 0.233 e. The van der Waals surface area contributed by atoms with Gasteiger partial charge in [-0.25, -0.2) is 34.9 Å². The van der Waals surface area contributed by atoms with Gasteiger partial charge in [0.25, 0.3) is 0 Å². The summed E-state index contributed by atoms with van der Waals surface area (Å²) in [6, 6.07) is 8.60. The molecule has 7 nitrogen and oxygen atoms in total. The lowest BCUT2D eigenvalue weighted by Crippen LogP contribution is -2.07. The van der Waals surface area contributed by atoms with Crippen LogP contribution in [0.15, 0.2) is 36.7 Å². The van der Waals surface area contributed by atoms with E-state index in [1.54, 1.807) is 0 Å². The van der Waals surface area contributed by atoms with Crippen molar-refractivity contribution < 1.29 is 0 Å². The molecule has 0 amide bonds. The number of rotatable bonds is 16. The lowest BCUT2D eigenvalue weighted by atomic mass is 10.0. The van der Waals surface area contributed by atoms with Crippen molar-refractivity contribution in [2.75, 3.05) is 0 Å². The Morgan fingerprint density at radius 1 is 0.476 bits per heavy atom. The van der Waals surface area contributed by atoms with Crippen LogP contribution in [-0.2, 0) is 19.3 Å². The maximum Gasteiger partial charge on any atom is 0.201 e. The molecule has 0 fully saturated rings. The van der Waals surface area contributed by atoms with Crippen LogP contribution in [0, 0.1) is 13.8 Å². The molecule has 0 aliphatic rings. The fourth-order valence-corrected chi connectivity index (χ4v) is 5.23. The fraction of sp³-hybridized carbons (Fsp3) is 0.514. The maximum atomic E-state index is 4.82. The highest BCUT2D eigenvalue weighted by molar-refractivity contribution is 5.62. The fourth-order valence-electron chi connectivity index (χ4n) is 5.23. The second-order valence-electron chi connectivity index (χ2n) is 11.3. The van der Waals surface area contributed by atoms with Gasteiger partial charge in [-0.05, 0) is 56.2 Å². The van der Waals surface area contributed by atoms with Crippen LogP contribution in [0.1, 0.15) is 113 Å². The highest BCUT2D eigenvalue weighted by Gasteiger charge is 2.17. The van der Waals surface area contributed by atoms with Gasteiger partial charge in [0.05, 0.1) is 0 Å². The van der Waals surface area contributed by atoms with E-state index in [-0.39, 0.29) is 0 Å². The molecule has 1 aromatic carbocycles. The van der Waals surface area contributed by atoms with E-state index in [1.165, 1.54) is 69.8 Å². The Morgan fingerprint density at radius 2 is 0.929 bits per heavy atom. The Labute approximate surface area is 252 Å². The Hall–Kier alpha value is -3.61. The van der Waals surface area contributed by atoms with Crippen molar-refractivity contribution in [2.24, 2.45) is 0 Å². The van der Waals surface area contributed by atoms with E-state index in [0.717, 1.165) is 47.3 Å². The van der Waals surface area contributed by atoms with E-state index in [4.69, 9.17) is 24.9 Å². The number of hydrogen-bond donors (Lipinski definition) is 0. The molecule has 3 aromatic heterocycles. The second-order valence-corrected chi connectivity index (χ2v) is 11.3. The summed E-state index contributed by atoms with van der Waals surface area (Å²) in [7, 11) is 0. The minimum absolute atomic E-state index is 0.432. The van der Waals surface area contributed by atoms with Gasteiger partial charge in [0.2, 0.25) is 11.6 Å². The normalized spacial score (nSPS) is 11.3. The number of nitrogens with zero attached hydrogens (tertiary/aromatic N) is 7. The molecule has 7 heteroatoms. The molecule has 42 heavy (non-hydrogen) atoms. The Bertz CT molecular complexity index is 1340. The summed E-state index contributed by atoms with van der Waals surface area (Å²) in [4.78, 5) is 33.0. The van der Waals surface area contributed by atoms with Gasteiger partial charge in [-0.3, -0.25) is 0 Å². The SMILES string of the molecule is CCCCCCCCCCCCc1ccc(-c2nc(-c3ncc(C)c(CC)n3)nc(-c3ncc(C)c(CC)n3)n2)cc1. The Kier molecular flexibility index (Phi) is 12.0. The minimum atomic E-state index is 0.432. The predicted octanol–water partition coefficient (Wildman–Crippen LogP) is 8.66. The zero-order valence-corrected chi connectivity index (χ0v) is 26.3. The summed E-state index contributed by atoms with van der Waals surface area (Å²) in [5, 5.41) is 0. The first-order valence-electron chi connectivity index (χ1n) is 16.0. The molecule has 0 aliphatic heterocycles. The van der Waals surface area contributed by atoms with Crippen molar-refractivity contribution in [3.05, 3.63) is 64.7 Å². The average molecular weight is 566 g/mol. The van der Waals surface area contributed by atoms with Gasteiger partial charge in [-0.2, -0.15) is 0 Å². The predicted molar refractivity (Wildman–Crippen MR) is 171 cm³/mol. The molecule has 0 aliphatic carbocycles. The first kappa shape index (κ1) is 31.3. The number of benzene rings is 1. The highest BCUT2D eigenvalue weighted by atomic mass is 15.1. The third kappa shape index (κ3) is 8.70. The van der Waals surface area contributed by atoms with Crippen molar-refractivity contribution in [3.63, 3.8) is 0 Å². The molecular formula is C35H47N7. The van der Waals surface area contributed by atoms with E-state index in [1.807, 2.05) is 26.2 Å². The quantitative estimate of drug-likeness (QED) is 0.126. The van der Waals surface area contributed by atoms with Gasteiger partial charge in [0.15, 0.2) is 17.5 Å². The van der Waals surface area contributed by atoms with Crippen molar-refractivity contribution in [1.29, 1.82) is 0 Å². The number of hydrogen-bond acceptors (Lipinski definition) is 7. The Morgan fingerprint density at radius 3 is 1.40 bits per heavy atom. The smallest absolute Gasteiger partial charge is 0.201 e. The molecule has 0 saturated heterocycles. The molecule has 0 bridgehead atoms. The van der Waals surface area contributed by atoms with Crippen LogP contribution in [0.4, 0.5) is 0 Å². The molecular weight excluding hydrogens is 518 g/mol. The third-order valence-electron chi connectivity index (χ3n) is 7.89. The number of aryl methyl sites for hydroxylation is 5. The summed E-state index contributed by atoms with van der Waals surface area (Å²) in [6.07, 6.45) is 19.9. The lowest BCUT2D eigenvalue weighted by Gasteiger charge is -2.10. The summed E-state index contributed by atoms with van der Waals surface area (Å²) in [5.41, 5.74) is 6.36. The molecule has 0 radical (unpaired) electrons. The van der Waals surface area contributed by atoms with Crippen LogP contribution in [0.25, 0.3) is 34.7 Å². The third-order valence-corrected chi connectivity index (χ3v) is 7.89. The van der Waals surface area contributed by atoms with Crippen LogP contribution in [0.3, 0.4) is 0 Å².